The fourth-order valence-electron chi connectivity index (χ4n) is 3.61. The molecular weight excluding hydrogens is 317 g/mol. The van der Waals surface area contributed by atoms with Crippen LogP contribution in [0.1, 0.15) is 12.8 Å². The second-order valence-electron chi connectivity index (χ2n) is 7.25. The van der Waals surface area contributed by atoms with Gasteiger partial charge in [0.25, 0.3) is 0 Å². The summed E-state index contributed by atoms with van der Waals surface area (Å²) in [6.07, 6.45) is 2.69. The Kier molecular flexibility index (Phi) is 5.78. The van der Waals surface area contributed by atoms with Crippen LogP contribution in [0.3, 0.4) is 0 Å². The van der Waals surface area contributed by atoms with Gasteiger partial charge in [0.1, 0.15) is 5.82 Å². The number of likely N-dealkylation sites (N-methyl/N-ethyl adjacent to an activating group) is 1. The molecule has 25 heavy (non-hydrogen) atoms. The number of halogens is 1. The Bertz CT molecular complexity index is 572. The SMILES string of the molecule is CN=C(NCC(C1CC1)N(C)C)N1CCN(c2ccc(F)cc2)CC1. The minimum atomic E-state index is -0.182. The minimum Gasteiger partial charge on any atom is -0.368 e. The predicted octanol–water partition coefficient (Wildman–Crippen LogP) is 1.86. The van der Waals surface area contributed by atoms with Gasteiger partial charge in [-0.15, -0.1) is 0 Å². The van der Waals surface area contributed by atoms with Crippen molar-refractivity contribution in [3.8, 4) is 0 Å². The molecule has 0 aromatic heterocycles. The predicted molar refractivity (Wildman–Crippen MR) is 102 cm³/mol. The number of piperazine rings is 1. The van der Waals surface area contributed by atoms with Gasteiger partial charge < -0.3 is 20.0 Å². The Morgan fingerprint density at radius 1 is 1.20 bits per heavy atom. The lowest BCUT2D eigenvalue weighted by Gasteiger charge is -2.38. The van der Waals surface area contributed by atoms with Crippen molar-refractivity contribution in [2.45, 2.75) is 18.9 Å². The fraction of sp³-hybridized carbons (Fsp3) is 0.632. The van der Waals surface area contributed by atoms with Crippen LogP contribution >= 0.6 is 0 Å². The maximum absolute atomic E-state index is 13.1. The third-order valence-electron chi connectivity index (χ3n) is 5.28. The Labute approximate surface area is 150 Å². The summed E-state index contributed by atoms with van der Waals surface area (Å²) >= 11 is 0. The van der Waals surface area contributed by atoms with Gasteiger partial charge in [0, 0.05) is 51.5 Å². The Morgan fingerprint density at radius 3 is 2.36 bits per heavy atom. The van der Waals surface area contributed by atoms with Crippen LogP contribution < -0.4 is 10.2 Å². The molecule has 1 aliphatic heterocycles. The van der Waals surface area contributed by atoms with Crippen molar-refractivity contribution < 1.29 is 4.39 Å². The molecule has 0 bridgehead atoms. The van der Waals surface area contributed by atoms with Gasteiger partial charge in [-0.05, 0) is 57.1 Å². The molecule has 1 aromatic rings. The first-order valence-corrected chi connectivity index (χ1v) is 9.21. The van der Waals surface area contributed by atoms with E-state index in [1.807, 2.05) is 19.2 Å². The Hall–Kier alpha value is -1.82. The third kappa shape index (κ3) is 4.63. The first kappa shape index (κ1) is 18.0. The van der Waals surface area contributed by atoms with Crippen LogP contribution in [0, 0.1) is 11.7 Å². The topological polar surface area (TPSA) is 34.1 Å². The van der Waals surface area contributed by atoms with Crippen molar-refractivity contribution in [2.24, 2.45) is 10.9 Å². The smallest absolute Gasteiger partial charge is 0.193 e. The molecule has 1 aliphatic carbocycles. The number of hydrogen-bond acceptors (Lipinski definition) is 3. The number of nitrogens with zero attached hydrogens (tertiary/aromatic N) is 4. The lowest BCUT2D eigenvalue weighted by atomic mass is 10.1. The molecule has 1 aromatic carbocycles. The Morgan fingerprint density at radius 2 is 1.84 bits per heavy atom. The molecule has 1 heterocycles. The molecule has 0 spiro atoms. The van der Waals surface area contributed by atoms with E-state index in [0.29, 0.717) is 6.04 Å². The summed E-state index contributed by atoms with van der Waals surface area (Å²) in [5.74, 6) is 1.64. The van der Waals surface area contributed by atoms with E-state index in [0.717, 1.165) is 50.3 Å². The van der Waals surface area contributed by atoms with E-state index in [2.05, 4.69) is 39.1 Å². The van der Waals surface area contributed by atoms with Crippen molar-refractivity contribution in [3.63, 3.8) is 0 Å². The van der Waals surface area contributed by atoms with Gasteiger partial charge in [-0.2, -0.15) is 0 Å². The Balaban J connectivity index is 1.51. The number of benzene rings is 1. The van der Waals surface area contributed by atoms with Crippen molar-refractivity contribution in [1.29, 1.82) is 0 Å². The summed E-state index contributed by atoms with van der Waals surface area (Å²) in [7, 11) is 6.18. The maximum atomic E-state index is 13.1. The molecule has 1 unspecified atom stereocenters. The minimum absolute atomic E-state index is 0.182. The molecule has 138 valence electrons. The number of hydrogen-bond donors (Lipinski definition) is 1. The van der Waals surface area contributed by atoms with Gasteiger partial charge in [0.05, 0.1) is 0 Å². The zero-order valence-corrected chi connectivity index (χ0v) is 15.6. The first-order chi connectivity index (χ1) is 12.1. The summed E-state index contributed by atoms with van der Waals surface area (Å²) in [6, 6.07) is 7.35. The zero-order valence-electron chi connectivity index (χ0n) is 15.6. The molecular formula is C19H30FN5. The number of guanidine groups is 1. The van der Waals surface area contributed by atoms with Gasteiger partial charge in [-0.25, -0.2) is 4.39 Å². The molecule has 1 saturated carbocycles. The van der Waals surface area contributed by atoms with Crippen LogP contribution in [-0.4, -0.2) is 75.7 Å². The average molecular weight is 347 g/mol. The first-order valence-electron chi connectivity index (χ1n) is 9.21. The van der Waals surface area contributed by atoms with Crippen molar-refractivity contribution in [3.05, 3.63) is 30.1 Å². The number of anilines is 1. The van der Waals surface area contributed by atoms with Crippen LogP contribution in [0.4, 0.5) is 10.1 Å². The molecule has 6 heteroatoms. The van der Waals surface area contributed by atoms with Crippen LogP contribution in [-0.2, 0) is 0 Å². The van der Waals surface area contributed by atoms with E-state index >= 15 is 0 Å². The summed E-state index contributed by atoms with van der Waals surface area (Å²) in [5.41, 5.74) is 1.09. The lowest BCUT2D eigenvalue weighted by Crippen LogP contribution is -2.54. The fourth-order valence-corrected chi connectivity index (χ4v) is 3.61. The zero-order chi connectivity index (χ0) is 17.8. The van der Waals surface area contributed by atoms with Gasteiger partial charge in [-0.1, -0.05) is 0 Å². The lowest BCUT2D eigenvalue weighted by molar-refractivity contribution is 0.260. The molecule has 3 rings (SSSR count). The largest absolute Gasteiger partial charge is 0.368 e. The standard InChI is InChI=1S/C19H30FN5/c1-21-19(22-14-18(23(2)3)15-4-5-15)25-12-10-24(11-13-25)17-8-6-16(20)7-9-17/h6-9,15,18H,4-5,10-14H2,1-3H3,(H,21,22). The van der Waals surface area contributed by atoms with Gasteiger partial charge >= 0.3 is 0 Å². The van der Waals surface area contributed by atoms with E-state index in [9.17, 15) is 4.39 Å². The van der Waals surface area contributed by atoms with E-state index < -0.39 is 0 Å². The van der Waals surface area contributed by atoms with Crippen LogP contribution in [0.25, 0.3) is 0 Å². The van der Waals surface area contributed by atoms with Gasteiger partial charge in [-0.3, -0.25) is 4.99 Å². The normalized spacial score (nSPS) is 20.1. The highest BCUT2D eigenvalue weighted by atomic mass is 19.1. The average Bonchev–Trinajstić information content (AvgIpc) is 3.44. The van der Waals surface area contributed by atoms with E-state index in [1.165, 1.54) is 25.0 Å². The van der Waals surface area contributed by atoms with Gasteiger partial charge in [0.2, 0.25) is 0 Å². The second-order valence-corrected chi connectivity index (χ2v) is 7.25. The van der Waals surface area contributed by atoms with Crippen molar-refractivity contribution in [2.75, 3.05) is 58.8 Å². The van der Waals surface area contributed by atoms with E-state index in [-0.39, 0.29) is 5.82 Å². The summed E-state index contributed by atoms with van der Waals surface area (Å²) in [4.78, 5) is 11.4. The molecule has 0 amide bonds. The summed E-state index contributed by atoms with van der Waals surface area (Å²) in [5, 5.41) is 3.57. The van der Waals surface area contributed by atoms with Crippen LogP contribution in [0.5, 0.6) is 0 Å². The number of aliphatic imine (C=N–C) groups is 1. The number of nitrogens with one attached hydrogen (secondary N) is 1. The van der Waals surface area contributed by atoms with Crippen LogP contribution in [0.2, 0.25) is 0 Å². The highest BCUT2D eigenvalue weighted by Gasteiger charge is 2.32. The van der Waals surface area contributed by atoms with E-state index in [1.54, 1.807) is 0 Å². The van der Waals surface area contributed by atoms with Crippen molar-refractivity contribution in [1.82, 2.24) is 15.1 Å². The summed E-state index contributed by atoms with van der Waals surface area (Å²) in [6.45, 7) is 4.64. The molecule has 2 fully saturated rings. The van der Waals surface area contributed by atoms with E-state index in [4.69, 9.17) is 0 Å². The molecule has 1 saturated heterocycles. The molecule has 1 N–H and O–H groups in total. The third-order valence-corrected chi connectivity index (χ3v) is 5.28. The van der Waals surface area contributed by atoms with Crippen molar-refractivity contribution >= 4 is 11.6 Å². The number of rotatable bonds is 5. The van der Waals surface area contributed by atoms with Crippen LogP contribution in [0.15, 0.2) is 29.3 Å². The highest BCUT2D eigenvalue weighted by Crippen LogP contribution is 2.34. The molecule has 1 atom stereocenters. The molecule has 5 nitrogen and oxygen atoms in total. The highest BCUT2D eigenvalue weighted by molar-refractivity contribution is 5.80. The maximum Gasteiger partial charge on any atom is 0.193 e. The summed E-state index contributed by atoms with van der Waals surface area (Å²) < 4.78 is 13.1. The molecule has 0 radical (unpaired) electrons. The molecule has 2 aliphatic rings. The monoisotopic (exact) mass is 347 g/mol. The second kappa shape index (κ2) is 8.04. The van der Waals surface area contributed by atoms with Gasteiger partial charge in [0.15, 0.2) is 5.96 Å². The quantitative estimate of drug-likeness (QED) is 0.651.